The molecule has 1 N–H and O–H groups in total. The first-order valence-electron chi connectivity index (χ1n) is 8.41. The maximum Gasteiger partial charge on any atom is 0.0158 e. The third-order valence-corrected chi connectivity index (χ3v) is 5.10. The summed E-state index contributed by atoms with van der Waals surface area (Å²) in [6, 6.07) is 7.77. The molecule has 20 heavy (non-hydrogen) atoms. The Hall–Kier alpha value is -0.820. The maximum atomic E-state index is 3.78. The van der Waals surface area contributed by atoms with Crippen molar-refractivity contribution >= 4 is 0 Å². The molecule has 112 valence electrons. The Morgan fingerprint density at radius 2 is 1.90 bits per heavy atom. The minimum absolute atomic E-state index is 0.355. The number of rotatable bonds is 7. The topological polar surface area (TPSA) is 12.0 Å². The normalized spacial score (nSPS) is 16.2. The van der Waals surface area contributed by atoms with Crippen LogP contribution in [0.4, 0.5) is 0 Å². The summed E-state index contributed by atoms with van der Waals surface area (Å²) in [5.74, 6) is 0. The molecule has 0 radical (unpaired) electrons. The zero-order valence-corrected chi connectivity index (χ0v) is 13.8. The van der Waals surface area contributed by atoms with Crippen LogP contribution in [0.15, 0.2) is 18.2 Å². The molecule has 1 heteroatoms. The predicted octanol–water partition coefficient (Wildman–Crippen LogP) is 4.52. The van der Waals surface area contributed by atoms with Crippen molar-refractivity contribution < 1.29 is 0 Å². The van der Waals surface area contributed by atoms with Gasteiger partial charge in [-0.05, 0) is 67.2 Å². The highest BCUT2D eigenvalue weighted by Crippen LogP contribution is 2.29. The van der Waals surface area contributed by atoms with Crippen LogP contribution in [0.25, 0.3) is 0 Å². The minimum Gasteiger partial charge on any atom is -0.313 e. The molecule has 0 aromatic heterocycles. The van der Waals surface area contributed by atoms with Gasteiger partial charge in [-0.15, -0.1) is 0 Å². The van der Waals surface area contributed by atoms with Gasteiger partial charge < -0.3 is 5.32 Å². The van der Waals surface area contributed by atoms with Crippen LogP contribution in [0, 0.1) is 5.41 Å². The summed E-state index contributed by atoms with van der Waals surface area (Å²) in [5.41, 5.74) is 5.06. The van der Waals surface area contributed by atoms with Crippen molar-refractivity contribution in [3.63, 3.8) is 0 Å². The van der Waals surface area contributed by atoms with Crippen LogP contribution >= 0.6 is 0 Å². The first-order valence-corrected chi connectivity index (χ1v) is 8.41. The highest BCUT2D eigenvalue weighted by Gasteiger charge is 2.27. The Morgan fingerprint density at radius 1 is 1.15 bits per heavy atom. The molecule has 1 unspecified atom stereocenters. The number of nitrogens with one attached hydrogen (secondary N) is 1. The SMILES string of the molecule is CCCNC(Cc1ccc2c(c1)CCC2)C(C)(C)CC. The number of hydrogen-bond acceptors (Lipinski definition) is 1. The fraction of sp³-hybridized carbons (Fsp3) is 0.684. The molecule has 1 aromatic rings. The van der Waals surface area contributed by atoms with Gasteiger partial charge in [-0.2, -0.15) is 0 Å². The van der Waals surface area contributed by atoms with Gasteiger partial charge in [-0.25, -0.2) is 0 Å². The smallest absolute Gasteiger partial charge is 0.0158 e. The summed E-state index contributed by atoms with van der Waals surface area (Å²) in [6.07, 6.45) is 7.51. The lowest BCUT2D eigenvalue weighted by atomic mass is 9.78. The highest BCUT2D eigenvalue weighted by molar-refractivity contribution is 5.35. The van der Waals surface area contributed by atoms with Crippen LogP contribution in [0.5, 0.6) is 0 Å². The van der Waals surface area contributed by atoms with E-state index in [1.54, 1.807) is 11.1 Å². The molecular weight excluding hydrogens is 242 g/mol. The molecule has 0 spiro atoms. The third kappa shape index (κ3) is 3.63. The van der Waals surface area contributed by atoms with E-state index >= 15 is 0 Å². The van der Waals surface area contributed by atoms with Gasteiger partial charge in [0.05, 0.1) is 0 Å². The molecule has 0 fully saturated rings. The van der Waals surface area contributed by atoms with Gasteiger partial charge in [0, 0.05) is 6.04 Å². The number of hydrogen-bond donors (Lipinski definition) is 1. The first kappa shape index (κ1) is 15.6. The monoisotopic (exact) mass is 273 g/mol. The van der Waals surface area contributed by atoms with Crippen molar-refractivity contribution in [3.05, 3.63) is 34.9 Å². The molecule has 0 aliphatic heterocycles. The number of fused-ring (bicyclic) bond motifs is 1. The van der Waals surface area contributed by atoms with E-state index in [9.17, 15) is 0 Å². The molecule has 0 bridgehead atoms. The van der Waals surface area contributed by atoms with E-state index in [1.165, 1.54) is 37.7 Å². The third-order valence-electron chi connectivity index (χ3n) is 5.10. The minimum atomic E-state index is 0.355. The molecule has 0 saturated heterocycles. The summed E-state index contributed by atoms with van der Waals surface area (Å²) in [4.78, 5) is 0. The summed E-state index contributed by atoms with van der Waals surface area (Å²) < 4.78 is 0. The van der Waals surface area contributed by atoms with E-state index in [0.29, 0.717) is 11.5 Å². The van der Waals surface area contributed by atoms with Gasteiger partial charge in [0.2, 0.25) is 0 Å². The Morgan fingerprint density at radius 3 is 2.60 bits per heavy atom. The average molecular weight is 273 g/mol. The van der Waals surface area contributed by atoms with Crippen molar-refractivity contribution in [1.82, 2.24) is 5.32 Å². The van der Waals surface area contributed by atoms with E-state index < -0.39 is 0 Å². The van der Waals surface area contributed by atoms with Crippen LogP contribution in [0.2, 0.25) is 0 Å². The lowest BCUT2D eigenvalue weighted by Gasteiger charge is -2.34. The fourth-order valence-corrected chi connectivity index (χ4v) is 3.18. The summed E-state index contributed by atoms with van der Waals surface area (Å²) in [5, 5.41) is 3.78. The molecule has 2 rings (SSSR count). The van der Waals surface area contributed by atoms with Crippen LogP contribution in [0.1, 0.15) is 63.6 Å². The van der Waals surface area contributed by atoms with Crippen molar-refractivity contribution in [1.29, 1.82) is 0 Å². The second-order valence-corrected chi connectivity index (χ2v) is 7.01. The summed E-state index contributed by atoms with van der Waals surface area (Å²) in [7, 11) is 0. The van der Waals surface area contributed by atoms with Crippen molar-refractivity contribution in [2.75, 3.05) is 6.54 Å². The molecule has 0 heterocycles. The Bertz CT molecular complexity index is 433. The molecule has 0 saturated carbocycles. The van der Waals surface area contributed by atoms with E-state index in [-0.39, 0.29) is 0 Å². The molecule has 1 aromatic carbocycles. The van der Waals surface area contributed by atoms with Crippen molar-refractivity contribution in [2.45, 2.75) is 72.3 Å². The van der Waals surface area contributed by atoms with E-state index in [1.807, 2.05) is 0 Å². The molecule has 1 atom stereocenters. The fourth-order valence-electron chi connectivity index (χ4n) is 3.18. The predicted molar refractivity (Wildman–Crippen MR) is 88.3 cm³/mol. The molecule has 1 nitrogen and oxygen atoms in total. The van der Waals surface area contributed by atoms with Crippen LogP contribution < -0.4 is 5.32 Å². The average Bonchev–Trinajstić information content (AvgIpc) is 2.90. The highest BCUT2D eigenvalue weighted by atomic mass is 14.9. The number of aryl methyl sites for hydroxylation is 2. The van der Waals surface area contributed by atoms with Gasteiger partial charge in [0.25, 0.3) is 0 Å². The number of benzene rings is 1. The Balaban J connectivity index is 2.10. The zero-order chi connectivity index (χ0) is 14.6. The summed E-state index contributed by atoms with van der Waals surface area (Å²) >= 11 is 0. The lowest BCUT2D eigenvalue weighted by molar-refractivity contribution is 0.230. The van der Waals surface area contributed by atoms with Crippen molar-refractivity contribution in [3.8, 4) is 0 Å². The maximum absolute atomic E-state index is 3.78. The van der Waals surface area contributed by atoms with Gasteiger partial charge in [0.1, 0.15) is 0 Å². The van der Waals surface area contributed by atoms with Crippen LogP contribution in [-0.2, 0) is 19.3 Å². The molecule has 0 amide bonds. The molecular formula is C19H31N. The van der Waals surface area contributed by atoms with Crippen molar-refractivity contribution in [2.24, 2.45) is 5.41 Å². The lowest BCUT2D eigenvalue weighted by Crippen LogP contribution is -2.43. The second kappa shape index (κ2) is 6.76. The zero-order valence-electron chi connectivity index (χ0n) is 13.8. The Labute approximate surface area is 125 Å². The standard InChI is InChI=1S/C19H31N/c1-5-12-20-18(19(3,4)6-2)14-15-10-11-16-8-7-9-17(16)13-15/h10-11,13,18,20H,5-9,12,14H2,1-4H3. The van der Waals surface area contributed by atoms with E-state index in [2.05, 4.69) is 51.2 Å². The van der Waals surface area contributed by atoms with Gasteiger partial charge in [-0.1, -0.05) is 45.9 Å². The van der Waals surface area contributed by atoms with Crippen LogP contribution in [0.3, 0.4) is 0 Å². The second-order valence-electron chi connectivity index (χ2n) is 7.01. The van der Waals surface area contributed by atoms with Crippen LogP contribution in [-0.4, -0.2) is 12.6 Å². The van der Waals surface area contributed by atoms with E-state index in [0.717, 1.165) is 13.0 Å². The van der Waals surface area contributed by atoms with Gasteiger partial charge in [0.15, 0.2) is 0 Å². The van der Waals surface area contributed by atoms with Gasteiger partial charge >= 0.3 is 0 Å². The largest absolute Gasteiger partial charge is 0.313 e. The van der Waals surface area contributed by atoms with E-state index in [4.69, 9.17) is 0 Å². The first-order chi connectivity index (χ1) is 9.56. The van der Waals surface area contributed by atoms with Gasteiger partial charge in [-0.3, -0.25) is 0 Å². The summed E-state index contributed by atoms with van der Waals surface area (Å²) in [6.45, 7) is 10.5. The molecule has 1 aliphatic rings. The molecule has 1 aliphatic carbocycles. The Kier molecular flexibility index (Phi) is 5.26. The quantitative estimate of drug-likeness (QED) is 0.770.